The summed E-state index contributed by atoms with van der Waals surface area (Å²) < 4.78 is 85.6. The number of nitrogens with zero attached hydrogens (tertiary/aromatic N) is 2. The number of rotatable bonds is 9. The van der Waals surface area contributed by atoms with E-state index in [2.05, 4.69) is 15.4 Å². The second-order valence-electron chi connectivity index (χ2n) is 17.4. The van der Waals surface area contributed by atoms with Gasteiger partial charge in [-0.2, -0.15) is 4.98 Å². The summed E-state index contributed by atoms with van der Waals surface area (Å²) in [6, 6.07) is 4.85. The summed E-state index contributed by atoms with van der Waals surface area (Å²) in [7, 11) is -4.44. The van der Waals surface area contributed by atoms with Crippen molar-refractivity contribution < 1.29 is 55.0 Å². The molecular formula is C41H52F3N5O9S. The van der Waals surface area contributed by atoms with Gasteiger partial charge < -0.3 is 29.7 Å². The van der Waals surface area contributed by atoms with Crippen LogP contribution in [-0.4, -0.2) is 102 Å². The molecular weight excluding hydrogens is 796 g/mol. The topological polar surface area (TPSA) is 182 Å². The molecule has 1 aromatic carbocycles. The predicted octanol–water partition coefficient (Wildman–Crippen LogP) is 4.88. The molecule has 0 radical (unpaired) electrons. The van der Waals surface area contributed by atoms with Crippen molar-refractivity contribution in [2.75, 3.05) is 19.8 Å². The summed E-state index contributed by atoms with van der Waals surface area (Å²) in [6.07, 6.45) is 1.68. The lowest BCUT2D eigenvalue weighted by Gasteiger charge is -2.33. The van der Waals surface area contributed by atoms with E-state index in [1.165, 1.54) is 4.90 Å². The molecule has 7 rings (SSSR count). The monoisotopic (exact) mass is 847 g/mol. The Bertz CT molecular complexity index is 2130. The lowest BCUT2D eigenvalue weighted by molar-refractivity contribution is -0.142. The molecule has 2 saturated carbocycles. The van der Waals surface area contributed by atoms with Crippen LogP contribution in [0.3, 0.4) is 0 Å². The fraction of sp³-hybridized carbons (Fsp3) is 0.634. The molecule has 3 fully saturated rings. The molecule has 14 nitrogen and oxygen atoms in total. The van der Waals surface area contributed by atoms with Crippen LogP contribution in [0.25, 0.3) is 10.8 Å². The number of amides is 4. The highest BCUT2D eigenvalue weighted by Gasteiger charge is 2.64. The number of aryl methyl sites for hydroxylation is 1. The van der Waals surface area contributed by atoms with Gasteiger partial charge >= 0.3 is 6.09 Å². The maximum atomic E-state index is 14.8. The van der Waals surface area contributed by atoms with Crippen LogP contribution in [-0.2, 0) is 35.6 Å². The van der Waals surface area contributed by atoms with Crippen molar-refractivity contribution in [3.8, 4) is 11.8 Å². The van der Waals surface area contributed by atoms with Crippen molar-refractivity contribution in [1.82, 2.24) is 25.2 Å². The van der Waals surface area contributed by atoms with Gasteiger partial charge in [0.2, 0.25) is 33.6 Å². The molecule has 4 amide bonds. The highest BCUT2D eigenvalue weighted by Crippen LogP contribution is 2.48. The summed E-state index contributed by atoms with van der Waals surface area (Å²) in [4.78, 5) is 62.5. The Morgan fingerprint density at radius 1 is 1.14 bits per heavy atom. The number of pyridine rings is 1. The third-order valence-electron chi connectivity index (χ3n) is 12.5. The summed E-state index contributed by atoms with van der Waals surface area (Å²) in [5, 5.41) is 6.87. The first kappa shape index (κ1) is 42.5. The Hall–Kier alpha value is -4.61. The number of hydrogen-bond acceptors (Lipinski definition) is 10. The number of hydrogen-bond donors (Lipinski definition) is 3. The van der Waals surface area contributed by atoms with E-state index < -0.39 is 92.8 Å². The fourth-order valence-corrected chi connectivity index (χ4v) is 9.91. The summed E-state index contributed by atoms with van der Waals surface area (Å²) in [5.41, 5.74) is -2.97. The average molecular weight is 848 g/mol. The highest BCUT2D eigenvalue weighted by molar-refractivity contribution is 7.91. The minimum Gasteiger partial charge on any atom is -0.477 e. The van der Waals surface area contributed by atoms with Crippen molar-refractivity contribution in [1.29, 1.82) is 0 Å². The zero-order valence-electron chi connectivity index (χ0n) is 33.6. The molecule has 4 heterocycles. The highest BCUT2D eigenvalue weighted by atomic mass is 32.2. The Kier molecular flexibility index (Phi) is 11.6. The molecule has 59 heavy (non-hydrogen) atoms. The molecule has 322 valence electrons. The average Bonchev–Trinajstić information content (AvgIpc) is 4.09. The zero-order chi connectivity index (χ0) is 42.5. The quantitative estimate of drug-likeness (QED) is 0.294. The van der Waals surface area contributed by atoms with Gasteiger partial charge in [0, 0.05) is 23.3 Å². The van der Waals surface area contributed by atoms with Gasteiger partial charge in [0.1, 0.15) is 35.1 Å². The lowest BCUT2D eigenvalue weighted by atomic mass is 9.88. The number of sulfonamides is 1. The number of alkyl halides is 3. The molecule has 7 atom stereocenters. The van der Waals surface area contributed by atoms with Crippen LogP contribution < -0.4 is 24.8 Å². The Labute approximate surface area is 341 Å². The lowest BCUT2D eigenvalue weighted by Crippen LogP contribution is -2.59. The van der Waals surface area contributed by atoms with Crippen LogP contribution >= 0.6 is 0 Å². The Morgan fingerprint density at radius 2 is 1.86 bits per heavy atom. The van der Waals surface area contributed by atoms with E-state index in [0.717, 1.165) is 37.6 Å². The third kappa shape index (κ3) is 8.42. The molecule has 3 N–H and O–H groups in total. The number of aromatic nitrogens is 1. The smallest absolute Gasteiger partial charge is 0.408 e. The van der Waals surface area contributed by atoms with Crippen molar-refractivity contribution in [3.63, 3.8) is 0 Å². The molecule has 0 unspecified atom stereocenters. The number of benzene rings is 1. The number of carbonyl (C=O) groups excluding carboxylic acids is 4. The number of fused-ring (bicyclic) bond motifs is 5. The molecule has 1 aromatic heterocycles. The van der Waals surface area contributed by atoms with Gasteiger partial charge in [0.15, 0.2) is 5.60 Å². The van der Waals surface area contributed by atoms with E-state index in [1.54, 1.807) is 13.0 Å². The minimum absolute atomic E-state index is 0.00552. The molecule has 2 aliphatic carbocycles. The van der Waals surface area contributed by atoms with Crippen molar-refractivity contribution >= 4 is 44.6 Å². The van der Waals surface area contributed by atoms with E-state index in [4.69, 9.17) is 19.2 Å². The molecule has 2 aromatic rings. The van der Waals surface area contributed by atoms with Gasteiger partial charge in [-0.25, -0.2) is 26.4 Å². The van der Waals surface area contributed by atoms with E-state index in [1.807, 2.05) is 37.3 Å². The number of ether oxygens (including phenoxy) is 3. The van der Waals surface area contributed by atoms with Crippen LogP contribution in [0.4, 0.5) is 18.0 Å². The predicted molar refractivity (Wildman–Crippen MR) is 209 cm³/mol. The van der Waals surface area contributed by atoms with Crippen LogP contribution in [0.2, 0.25) is 0 Å². The SMILES string of the molecule is C[C@H]1CC/C=C\[C@@H]2C[C@@]2(C(=O)NS(=O)(=O)C2(CF)CC2)NC(=O)[C@@H]2C[C@@H](Oc3nc4c(c5ccccc35)CCCO4)CN2C(=O)[C@@H](NC(=O)OC(C)(C)C(F)F)[C@H](C)C1. The first-order valence-electron chi connectivity index (χ1n) is 20.3. The number of carbonyl (C=O) groups is 4. The van der Waals surface area contributed by atoms with E-state index in [9.17, 15) is 40.8 Å². The number of nitrogens with one attached hydrogen (secondary N) is 3. The maximum absolute atomic E-state index is 14.8. The fourth-order valence-electron chi connectivity index (χ4n) is 8.49. The molecule has 3 aliphatic heterocycles. The minimum atomic E-state index is -4.44. The third-order valence-corrected chi connectivity index (χ3v) is 14.6. The second kappa shape index (κ2) is 16.1. The summed E-state index contributed by atoms with van der Waals surface area (Å²) in [6.45, 7) is 4.92. The summed E-state index contributed by atoms with van der Waals surface area (Å²) >= 11 is 0. The molecule has 1 saturated heterocycles. The normalized spacial score (nSPS) is 30.0. The van der Waals surface area contributed by atoms with Crippen molar-refractivity contribution in [3.05, 3.63) is 42.0 Å². The van der Waals surface area contributed by atoms with Gasteiger partial charge in [-0.1, -0.05) is 44.2 Å². The molecule has 18 heteroatoms. The van der Waals surface area contributed by atoms with Gasteiger partial charge in [-0.05, 0) is 88.5 Å². The van der Waals surface area contributed by atoms with Gasteiger partial charge in [-0.15, -0.1) is 0 Å². The van der Waals surface area contributed by atoms with Crippen LogP contribution in [0, 0.1) is 17.8 Å². The van der Waals surface area contributed by atoms with E-state index in [-0.39, 0.29) is 44.0 Å². The molecule has 0 bridgehead atoms. The van der Waals surface area contributed by atoms with Gasteiger partial charge in [0.05, 0.1) is 13.2 Å². The van der Waals surface area contributed by atoms with Crippen LogP contribution in [0.15, 0.2) is 36.4 Å². The Balaban J connectivity index is 1.24. The number of allylic oxidation sites excluding steroid dienone is 1. The van der Waals surface area contributed by atoms with Crippen molar-refractivity contribution in [2.45, 2.75) is 126 Å². The van der Waals surface area contributed by atoms with E-state index in [0.29, 0.717) is 37.1 Å². The zero-order valence-corrected chi connectivity index (χ0v) is 34.4. The standard InChI is InChI=1S/C41H52F3N5O9S/c1-23-10-5-6-11-25-20-41(25,37(52)48-59(54,55)40(22-42)15-16-40)47-32(50)30-19-26(57-34-29-13-8-7-12-27(29)28-14-9-17-56-33(28)46-34)21-49(30)35(51)31(24(2)18-23)45-38(53)58-39(3,4)36(43)44/h6-8,11-13,23-26,30-31,36H,5,9-10,14-22H2,1-4H3,(H,45,53)(H,47,50)(H,48,52)/b11-6-/t23-,24+,25+,26+,30-,31-,41+/m0/s1. The second-order valence-corrected chi connectivity index (χ2v) is 19.5. The Morgan fingerprint density at radius 3 is 2.56 bits per heavy atom. The van der Waals surface area contributed by atoms with Gasteiger partial charge in [-0.3, -0.25) is 19.1 Å². The van der Waals surface area contributed by atoms with Crippen LogP contribution in [0.1, 0.15) is 84.6 Å². The van der Waals surface area contributed by atoms with Gasteiger partial charge in [0.25, 0.3) is 12.3 Å². The first-order valence-corrected chi connectivity index (χ1v) is 21.8. The maximum Gasteiger partial charge on any atom is 0.408 e. The van der Waals surface area contributed by atoms with Crippen molar-refractivity contribution in [2.24, 2.45) is 17.8 Å². The summed E-state index contributed by atoms with van der Waals surface area (Å²) in [5.74, 6) is -3.06. The largest absolute Gasteiger partial charge is 0.477 e. The molecule has 0 spiro atoms. The van der Waals surface area contributed by atoms with Crippen LogP contribution in [0.5, 0.6) is 11.8 Å². The first-order chi connectivity index (χ1) is 27.9. The van der Waals surface area contributed by atoms with E-state index >= 15 is 0 Å². The molecule has 5 aliphatic rings. The number of alkyl carbamates (subject to hydrolysis) is 1. The number of halogens is 3.